The summed E-state index contributed by atoms with van der Waals surface area (Å²) in [5, 5.41) is 0. The maximum absolute atomic E-state index is 11.8. The van der Waals surface area contributed by atoms with E-state index in [0.717, 1.165) is 19.3 Å². The van der Waals surface area contributed by atoms with Crippen LogP contribution in [0.1, 0.15) is 26.2 Å². The van der Waals surface area contributed by atoms with Gasteiger partial charge in [-0.2, -0.15) is 12.7 Å². The van der Waals surface area contributed by atoms with Crippen LogP contribution in [-0.2, 0) is 10.2 Å². The molecule has 5 nitrogen and oxygen atoms in total. The number of halogens is 1. The Labute approximate surface area is 104 Å². The molecule has 0 aromatic heterocycles. The van der Waals surface area contributed by atoms with E-state index in [4.69, 9.17) is 5.73 Å². The molecule has 1 aliphatic carbocycles. The van der Waals surface area contributed by atoms with E-state index in [1.165, 1.54) is 4.31 Å². The van der Waals surface area contributed by atoms with Crippen molar-refractivity contribution in [3.8, 4) is 0 Å². The van der Waals surface area contributed by atoms with Crippen molar-refractivity contribution in [2.45, 2.75) is 32.2 Å². The molecule has 0 aromatic rings. The third kappa shape index (κ3) is 4.18. The van der Waals surface area contributed by atoms with Crippen LogP contribution in [0.3, 0.4) is 0 Å². The van der Waals surface area contributed by atoms with Crippen molar-refractivity contribution in [2.24, 2.45) is 11.7 Å². The molecule has 1 unspecified atom stereocenters. The molecule has 0 amide bonds. The highest BCUT2D eigenvalue weighted by Gasteiger charge is 2.37. The zero-order valence-corrected chi connectivity index (χ0v) is 11.5. The molecule has 0 aromatic carbocycles. The number of nitrogens with two attached hydrogens (primary N) is 1. The van der Waals surface area contributed by atoms with Crippen molar-refractivity contribution in [3.63, 3.8) is 0 Å². The predicted octanol–water partition coefficient (Wildman–Crippen LogP) is 0.322. The van der Waals surface area contributed by atoms with E-state index in [1.807, 2.05) is 6.92 Å². The molecule has 98 valence electrons. The Hall–Kier alpha value is 0.120. The molecule has 1 rings (SSSR count). The molecule has 0 heterocycles. The summed E-state index contributed by atoms with van der Waals surface area (Å²) in [6.45, 7) is 2.81. The molecular weight excluding hydrogens is 250 g/mol. The molecule has 0 spiro atoms. The SMILES string of the molecule is CCCNS(=O)(=O)N(C)C(CN)C1CC1.Cl. The van der Waals surface area contributed by atoms with E-state index in [9.17, 15) is 8.42 Å². The van der Waals surface area contributed by atoms with Gasteiger partial charge in [0.2, 0.25) is 0 Å². The Morgan fingerprint density at radius 3 is 2.44 bits per heavy atom. The molecule has 3 N–H and O–H groups in total. The largest absolute Gasteiger partial charge is 0.329 e. The third-order valence-corrected chi connectivity index (χ3v) is 4.39. The molecule has 0 bridgehead atoms. The van der Waals surface area contributed by atoms with E-state index in [1.54, 1.807) is 7.05 Å². The lowest BCUT2D eigenvalue weighted by Gasteiger charge is -2.26. The van der Waals surface area contributed by atoms with Gasteiger partial charge in [0.15, 0.2) is 0 Å². The zero-order valence-electron chi connectivity index (χ0n) is 9.85. The van der Waals surface area contributed by atoms with E-state index < -0.39 is 10.2 Å². The highest BCUT2D eigenvalue weighted by Crippen LogP contribution is 2.35. The summed E-state index contributed by atoms with van der Waals surface area (Å²) < 4.78 is 27.5. The van der Waals surface area contributed by atoms with Crippen LogP contribution in [-0.4, -0.2) is 38.9 Å². The van der Waals surface area contributed by atoms with E-state index in [-0.39, 0.29) is 18.4 Å². The fraction of sp³-hybridized carbons (Fsp3) is 1.00. The van der Waals surface area contributed by atoms with Crippen LogP contribution in [0.2, 0.25) is 0 Å². The van der Waals surface area contributed by atoms with Gasteiger partial charge in [-0.15, -0.1) is 12.4 Å². The van der Waals surface area contributed by atoms with Crippen molar-refractivity contribution >= 4 is 22.6 Å². The van der Waals surface area contributed by atoms with Gasteiger partial charge in [-0.05, 0) is 25.2 Å². The van der Waals surface area contributed by atoms with Crippen molar-refractivity contribution < 1.29 is 8.42 Å². The summed E-state index contributed by atoms with van der Waals surface area (Å²) in [4.78, 5) is 0. The minimum Gasteiger partial charge on any atom is -0.329 e. The van der Waals surface area contributed by atoms with Crippen LogP contribution < -0.4 is 10.5 Å². The number of hydrogen-bond acceptors (Lipinski definition) is 3. The number of nitrogens with one attached hydrogen (secondary N) is 1. The van der Waals surface area contributed by atoms with Crippen molar-refractivity contribution in [3.05, 3.63) is 0 Å². The van der Waals surface area contributed by atoms with Crippen molar-refractivity contribution in [1.29, 1.82) is 0 Å². The van der Waals surface area contributed by atoms with E-state index in [0.29, 0.717) is 19.0 Å². The fourth-order valence-corrected chi connectivity index (χ4v) is 2.91. The second-order valence-electron chi connectivity index (χ2n) is 4.06. The van der Waals surface area contributed by atoms with Gasteiger partial charge < -0.3 is 5.73 Å². The standard InChI is InChI=1S/C9H21N3O2S.ClH/c1-3-6-11-15(13,14)12(2)9(7-10)8-4-5-8;/h8-9,11H,3-7,10H2,1-2H3;1H. The Bertz CT molecular complexity index is 293. The molecule has 7 heteroatoms. The lowest BCUT2D eigenvalue weighted by atomic mass is 10.2. The van der Waals surface area contributed by atoms with Crippen LogP contribution in [0.5, 0.6) is 0 Å². The molecule has 1 aliphatic rings. The van der Waals surface area contributed by atoms with Gasteiger partial charge in [0.1, 0.15) is 0 Å². The zero-order chi connectivity index (χ0) is 11.5. The summed E-state index contributed by atoms with van der Waals surface area (Å²) in [5.74, 6) is 0.457. The average Bonchev–Trinajstić information content (AvgIpc) is 3.00. The molecule has 0 saturated heterocycles. The first kappa shape index (κ1) is 16.1. The van der Waals surface area contributed by atoms with Crippen LogP contribution in [0.25, 0.3) is 0 Å². The van der Waals surface area contributed by atoms with Crippen LogP contribution >= 0.6 is 12.4 Å². The van der Waals surface area contributed by atoms with Gasteiger partial charge in [-0.25, -0.2) is 4.72 Å². The molecule has 1 fully saturated rings. The Morgan fingerprint density at radius 1 is 1.50 bits per heavy atom. The quantitative estimate of drug-likeness (QED) is 0.700. The minimum atomic E-state index is -3.34. The summed E-state index contributed by atoms with van der Waals surface area (Å²) in [6.07, 6.45) is 2.98. The van der Waals surface area contributed by atoms with Gasteiger partial charge in [0.25, 0.3) is 10.2 Å². The van der Waals surface area contributed by atoms with Crippen molar-refractivity contribution in [2.75, 3.05) is 20.1 Å². The lowest BCUT2D eigenvalue weighted by Crippen LogP contribution is -2.48. The van der Waals surface area contributed by atoms with Gasteiger partial charge in [0.05, 0.1) is 0 Å². The molecule has 1 atom stereocenters. The average molecular weight is 272 g/mol. The Morgan fingerprint density at radius 2 is 2.06 bits per heavy atom. The van der Waals surface area contributed by atoms with Gasteiger partial charge in [-0.3, -0.25) is 0 Å². The van der Waals surface area contributed by atoms with Crippen LogP contribution in [0, 0.1) is 5.92 Å². The molecule has 16 heavy (non-hydrogen) atoms. The first-order chi connectivity index (χ1) is 7.03. The summed E-state index contributed by atoms with van der Waals surface area (Å²) in [7, 11) is -1.73. The predicted molar refractivity (Wildman–Crippen MR) is 67.8 cm³/mol. The highest BCUT2D eigenvalue weighted by molar-refractivity contribution is 7.87. The molecule has 1 saturated carbocycles. The smallest absolute Gasteiger partial charge is 0.279 e. The molecule has 0 radical (unpaired) electrons. The molecule has 0 aliphatic heterocycles. The number of hydrogen-bond donors (Lipinski definition) is 2. The monoisotopic (exact) mass is 271 g/mol. The number of nitrogens with zero attached hydrogens (tertiary/aromatic N) is 1. The number of likely N-dealkylation sites (N-methyl/N-ethyl adjacent to an activating group) is 1. The fourth-order valence-electron chi connectivity index (χ4n) is 1.63. The number of rotatable bonds is 7. The van der Waals surface area contributed by atoms with Gasteiger partial charge >= 0.3 is 0 Å². The highest BCUT2D eigenvalue weighted by atomic mass is 35.5. The Balaban J connectivity index is 0.00000225. The maximum Gasteiger partial charge on any atom is 0.279 e. The van der Waals surface area contributed by atoms with Gasteiger partial charge in [-0.1, -0.05) is 6.92 Å². The van der Waals surface area contributed by atoms with Crippen molar-refractivity contribution in [1.82, 2.24) is 9.03 Å². The Kier molecular flexibility index (Phi) is 6.81. The summed E-state index contributed by atoms with van der Waals surface area (Å²) in [6, 6.07) is -0.0423. The lowest BCUT2D eigenvalue weighted by molar-refractivity contribution is 0.336. The normalized spacial score (nSPS) is 18.2. The molecular formula is C9H22ClN3O2S. The van der Waals surface area contributed by atoms with Gasteiger partial charge in [0, 0.05) is 26.2 Å². The van der Waals surface area contributed by atoms with E-state index in [2.05, 4.69) is 4.72 Å². The first-order valence-electron chi connectivity index (χ1n) is 5.45. The minimum absolute atomic E-state index is 0. The summed E-state index contributed by atoms with van der Waals surface area (Å²) in [5.41, 5.74) is 5.61. The maximum atomic E-state index is 11.8. The second-order valence-corrected chi connectivity index (χ2v) is 5.87. The second kappa shape index (κ2) is 6.76. The first-order valence-corrected chi connectivity index (χ1v) is 6.89. The van der Waals surface area contributed by atoms with Crippen LogP contribution in [0.15, 0.2) is 0 Å². The third-order valence-electron chi connectivity index (χ3n) is 2.79. The van der Waals surface area contributed by atoms with Crippen LogP contribution in [0.4, 0.5) is 0 Å². The topological polar surface area (TPSA) is 75.4 Å². The summed E-state index contributed by atoms with van der Waals surface area (Å²) >= 11 is 0. The van der Waals surface area contributed by atoms with E-state index >= 15 is 0 Å².